The summed E-state index contributed by atoms with van der Waals surface area (Å²) in [5, 5.41) is 12.7. The second-order valence-electron chi connectivity index (χ2n) is 8.83. The predicted octanol–water partition coefficient (Wildman–Crippen LogP) is 3.90. The van der Waals surface area contributed by atoms with Gasteiger partial charge in [-0.2, -0.15) is 4.98 Å². The van der Waals surface area contributed by atoms with E-state index in [-0.39, 0.29) is 30.8 Å². The Hall–Kier alpha value is -4.51. The quantitative estimate of drug-likeness (QED) is 0.329. The molecule has 2 N–H and O–H groups in total. The number of aromatic nitrogens is 4. The maximum atomic E-state index is 13.4. The fourth-order valence-corrected chi connectivity index (χ4v) is 4.09. The molecule has 0 radical (unpaired) electrons. The van der Waals surface area contributed by atoms with E-state index in [2.05, 4.69) is 15.3 Å². The monoisotopic (exact) mass is 537 g/mol. The van der Waals surface area contributed by atoms with Crippen LogP contribution in [0.1, 0.15) is 12.0 Å². The van der Waals surface area contributed by atoms with Crippen LogP contribution in [0.3, 0.4) is 0 Å². The largest absolute Gasteiger partial charge is 0.481 e. The molecule has 0 saturated heterocycles. The van der Waals surface area contributed by atoms with Crippen molar-refractivity contribution < 1.29 is 19.0 Å². The van der Waals surface area contributed by atoms with Gasteiger partial charge < -0.3 is 15.2 Å². The van der Waals surface area contributed by atoms with Crippen LogP contribution in [-0.4, -0.2) is 30.2 Å². The Kier molecular flexibility index (Phi) is 6.93. The number of pyridine rings is 1. The van der Waals surface area contributed by atoms with Crippen molar-refractivity contribution in [2.24, 2.45) is 11.8 Å². The van der Waals surface area contributed by atoms with E-state index in [1.807, 2.05) is 0 Å². The van der Waals surface area contributed by atoms with Crippen LogP contribution in [0.2, 0.25) is 5.02 Å². The number of aliphatic carboxylic acids is 1. The lowest BCUT2D eigenvalue weighted by Gasteiger charge is -2.16. The number of benzene rings is 2. The van der Waals surface area contributed by atoms with Crippen LogP contribution in [0.4, 0.5) is 16.0 Å². The number of hydrogen-bond donors (Lipinski definition) is 2. The number of hydrogen-bond acceptors (Lipinski definition) is 7. The number of rotatable bonds is 9. The van der Waals surface area contributed by atoms with Gasteiger partial charge in [-0.05, 0) is 60.4 Å². The van der Waals surface area contributed by atoms with Gasteiger partial charge in [-0.15, -0.1) is 0 Å². The average molecular weight is 538 g/mol. The Morgan fingerprint density at radius 1 is 1.08 bits per heavy atom. The molecule has 4 aromatic rings. The lowest BCUT2D eigenvalue weighted by Crippen LogP contribution is -2.43. The Bertz CT molecular complexity index is 1590. The first-order valence-corrected chi connectivity index (χ1v) is 12.0. The maximum Gasteiger partial charge on any atom is 0.354 e. The molecule has 1 unspecified atom stereocenters. The molecule has 1 fully saturated rings. The Morgan fingerprint density at radius 3 is 2.45 bits per heavy atom. The van der Waals surface area contributed by atoms with E-state index in [1.165, 1.54) is 16.7 Å². The molecule has 12 heteroatoms. The highest BCUT2D eigenvalue weighted by atomic mass is 35.5. The molecular formula is C26H21ClFN5O5. The second-order valence-corrected chi connectivity index (χ2v) is 9.27. The molecule has 5 rings (SSSR count). The zero-order chi connectivity index (χ0) is 26.8. The summed E-state index contributed by atoms with van der Waals surface area (Å²) in [5.41, 5.74) is -0.118. The molecule has 0 bridgehead atoms. The maximum absolute atomic E-state index is 13.4. The normalized spacial score (nSPS) is 16.2. The van der Waals surface area contributed by atoms with Gasteiger partial charge in [-0.1, -0.05) is 23.7 Å². The van der Waals surface area contributed by atoms with Gasteiger partial charge in [0.2, 0.25) is 11.8 Å². The number of anilines is 2. The third-order valence-electron chi connectivity index (χ3n) is 6.09. The van der Waals surface area contributed by atoms with Crippen molar-refractivity contribution in [2.75, 3.05) is 5.32 Å². The van der Waals surface area contributed by atoms with Gasteiger partial charge in [0.05, 0.1) is 18.7 Å². The average Bonchev–Trinajstić information content (AvgIpc) is 3.68. The summed E-state index contributed by atoms with van der Waals surface area (Å²) < 4.78 is 20.9. The number of nitrogens with zero attached hydrogens (tertiary/aromatic N) is 4. The third kappa shape index (κ3) is 5.73. The molecule has 10 nitrogen and oxygen atoms in total. The lowest BCUT2D eigenvalue weighted by molar-refractivity contribution is -0.138. The summed E-state index contributed by atoms with van der Waals surface area (Å²) in [6, 6.07) is 16.1. The molecule has 1 aliphatic carbocycles. The predicted molar refractivity (Wildman–Crippen MR) is 137 cm³/mol. The number of halogens is 2. The van der Waals surface area contributed by atoms with Crippen LogP contribution in [0.5, 0.6) is 11.6 Å². The fraction of sp³-hybridized carbons (Fsp3) is 0.192. The Morgan fingerprint density at radius 2 is 1.82 bits per heavy atom. The van der Waals surface area contributed by atoms with Crippen LogP contribution >= 0.6 is 11.6 Å². The smallest absolute Gasteiger partial charge is 0.354 e. The second kappa shape index (κ2) is 10.5. The zero-order valence-electron chi connectivity index (χ0n) is 19.8. The molecule has 194 valence electrons. The summed E-state index contributed by atoms with van der Waals surface area (Å²) in [6.07, 6.45) is 1.45. The van der Waals surface area contributed by atoms with Gasteiger partial charge >= 0.3 is 17.3 Å². The lowest BCUT2D eigenvalue weighted by atomic mass is 10.2. The van der Waals surface area contributed by atoms with Crippen molar-refractivity contribution in [2.45, 2.75) is 19.5 Å². The van der Waals surface area contributed by atoms with Gasteiger partial charge in [0.15, 0.2) is 0 Å². The van der Waals surface area contributed by atoms with E-state index in [4.69, 9.17) is 16.3 Å². The van der Waals surface area contributed by atoms with Crippen LogP contribution in [0.15, 0.2) is 76.4 Å². The van der Waals surface area contributed by atoms with E-state index in [9.17, 15) is 23.9 Å². The first-order chi connectivity index (χ1) is 18.3. The minimum Gasteiger partial charge on any atom is -0.481 e. The first-order valence-electron chi connectivity index (χ1n) is 11.6. The third-order valence-corrected chi connectivity index (χ3v) is 6.35. The molecular weight excluding hydrogens is 517 g/mol. The SMILES string of the molecule is O=C(O)[C@H]1CC1Cn1c(=O)nc(Nc2ccc(Oc3ccc(F)cn3)cc2)n(Cc2ccc(Cl)cc2)c1=O. The van der Waals surface area contributed by atoms with Crippen LogP contribution in [0.25, 0.3) is 0 Å². The minimum absolute atomic E-state index is 0.0191. The fourth-order valence-electron chi connectivity index (χ4n) is 3.96. The van der Waals surface area contributed by atoms with E-state index in [1.54, 1.807) is 48.5 Å². The van der Waals surface area contributed by atoms with Crippen molar-refractivity contribution in [3.8, 4) is 11.6 Å². The molecule has 2 aromatic heterocycles. The summed E-state index contributed by atoms with van der Waals surface area (Å²) in [4.78, 5) is 45.4. The Labute approximate surface area is 219 Å². The topological polar surface area (TPSA) is 128 Å². The highest BCUT2D eigenvalue weighted by Crippen LogP contribution is 2.39. The number of nitrogens with one attached hydrogen (secondary N) is 1. The summed E-state index contributed by atoms with van der Waals surface area (Å²) in [6.45, 7) is 0.0715. The van der Waals surface area contributed by atoms with Crippen molar-refractivity contribution >= 4 is 29.2 Å². The highest BCUT2D eigenvalue weighted by molar-refractivity contribution is 6.30. The molecule has 1 saturated carbocycles. The Balaban J connectivity index is 1.42. The minimum atomic E-state index is -0.946. The van der Waals surface area contributed by atoms with Crippen molar-refractivity contribution in [1.82, 2.24) is 19.1 Å². The number of carbonyl (C=O) groups is 1. The molecule has 2 aromatic carbocycles. The molecule has 0 aliphatic heterocycles. The molecule has 2 atom stereocenters. The van der Waals surface area contributed by atoms with Crippen molar-refractivity contribution in [1.29, 1.82) is 0 Å². The van der Waals surface area contributed by atoms with Crippen molar-refractivity contribution in [3.05, 3.63) is 104 Å². The van der Waals surface area contributed by atoms with Gasteiger partial charge in [-0.3, -0.25) is 9.36 Å². The highest BCUT2D eigenvalue weighted by Gasteiger charge is 2.43. The standard InChI is InChI=1S/C26H21ClFN5O5/c27-17-3-1-15(2-4-17)13-32-24(31-25(36)33(26(32)37)14-16-11-21(16)23(34)35)30-19-6-8-20(9-7-19)38-22-10-5-18(28)12-29-22/h1-10,12,16,21H,11,13-14H2,(H,34,35)(H,30,31,36)/t16?,21-/m0/s1. The number of carboxylic acids is 1. The van der Waals surface area contributed by atoms with E-state index in [0.29, 0.717) is 22.9 Å². The van der Waals surface area contributed by atoms with E-state index in [0.717, 1.165) is 16.3 Å². The molecule has 0 spiro atoms. The van der Waals surface area contributed by atoms with Gasteiger partial charge in [0, 0.05) is 23.3 Å². The number of ether oxygens (including phenoxy) is 1. The van der Waals surface area contributed by atoms with E-state index < -0.39 is 29.1 Å². The summed E-state index contributed by atoms with van der Waals surface area (Å²) in [7, 11) is 0. The molecule has 38 heavy (non-hydrogen) atoms. The summed E-state index contributed by atoms with van der Waals surface area (Å²) >= 11 is 5.99. The summed E-state index contributed by atoms with van der Waals surface area (Å²) in [5.74, 6) is -1.62. The van der Waals surface area contributed by atoms with Crippen LogP contribution in [0, 0.1) is 17.7 Å². The van der Waals surface area contributed by atoms with Gasteiger partial charge in [0.1, 0.15) is 11.6 Å². The zero-order valence-corrected chi connectivity index (χ0v) is 20.5. The van der Waals surface area contributed by atoms with Crippen LogP contribution < -0.4 is 21.4 Å². The first kappa shape index (κ1) is 25.2. The van der Waals surface area contributed by atoms with Crippen molar-refractivity contribution in [3.63, 3.8) is 0 Å². The number of carboxylic acid groups (broad SMARTS) is 1. The van der Waals surface area contributed by atoms with E-state index >= 15 is 0 Å². The molecule has 2 heterocycles. The van der Waals surface area contributed by atoms with Crippen LogP contribution in [-0.2, 0) is 17.9 Å². The van der Waals surface area contributed by atoms with Gasteiger partial charge in [0.25, 0.3) is 0 Å². The molecule has 0 amide bonds. The molecule has 1 aliphatic rings. The van der Waals surface area contributed by atoms with Gasteiger partial charge in [-0.25, -0.2) is 23.5 Å².